The van der Waals surface area contributed by atoms with E-state index in [4.69, 9.17) is 30.8 Å². The van der Waals surface area contributed by atoms with Gasteiger partial charge in [0.25, 0.3) is 0 Å². The third-order valence-electron chi connectivity index (χ3n) is 7.99. The molecular weight excluding hydrogens is 556 g/mol. The summed E-state index contributed by atoms with van der Waals surface area (Å²) < 4.78 is 16.1. The molecule has 1 saturated carbocycles. The molecule has 0 amide bonds. The first-order valence-electron chi connectivity index (χ1n) is 15.0. The van der Waals surface area contributed by atoms with Crippen LogP contribution in [0.3, 0.4) is 0 Å². The van der Waals surface area contributed by atoms with Gasteiger partial charge in [0.2, 0.25) is 0 Å². The van der Waals surface area contributed by atoms with Crippen LogP contribution in [0.4, 0.5) is 11.6 Å². The van der Waals surface area contributed by atoms with Gasteiger partial charge in [-0.05, 0) is 77.5 Å². The number of nitriles is 1. The first-order chi connectivity index (χ1) is 20.3. The van der Waals surface area contributed by atoms with Crippen LogP contribution in [0.15, 0.2) is 30.5 Å². The van der Waals surface area contributed by atoms with Crippen LogP contribution in [-0.2, 0) is 19.0 Å². The summed E-state index contributed by atoms with van der Waals surface area (Å²) in [6, 6.07) is 11.1. The average Bonchev–Trinajstić information content (AvgIpc) is 3.01. The highest BCUT2D eigenvalue weighted by molar-refractivity contribution is 6.33. The van der Waals surface area contributed by atoms with Gasteiger partial charge in [-0.2, -0.15) is 5.26 Å². The molecule has 2 aliphatic rings. The maximum Gasteiger partial charge on any atom is 0.334 e. The molecule has 3 N–H and O–H groups in total. The molecule has 1 aliphatic carbocycles. The van der Waals surface area contributed by atoms with E-state index in [9.17, 15) is 10.1 Å². The zero-order valence-electron chi connectivity index (χ0n) is 24.8. The molecule has 2 aromatic rings. The molecular formula is C31H43ClN6O4. The number of ether oxygens (including phenoxy) is 3. The molecule has 10 nitrogen and oxygen atoms in total. The Bertz CT molecular complexity index is 1210. The van der Waals surface area contributed by atoms with Crippen molar-refractivity contribution in [1.82, 2.24) is 15.3 Å². The number of pyridine rings is 2. The number of carbonyl (C=O) groups excluding carboxylic acids is 1. The van der Waals surface area contributed by atoms with Crippen molar-refractivity contribution in [1.29, 1.82) is 5.26 Å². The zero-order chi connectivity index (χ0) is 30.0. The van der Waals surface area contributed by atoms with Crippen LogP contribution in [0.25, 0.3) is 11.3 Å². The first-order valence-corrected chi connectivity index (χ1v) is 15.4. The number of nitrogens with one attached hydrogen (secondary N) is 3. The highest BCUT2D eigenvalue weighted by Crippen LogP contribution is 2.32. The largest absolute Gasteiger partial charge is 0.464 e. The Morgan fingerprint density at radius 1 is 1.19 bits per heavy atom. The van der Waals surface area contributed by atoms with Gasteiger partial charge in [0.1, 0.15) is 11.6 Å². The summed E-state index contributed by atoms with van der Waals surface area (Å²) in [5.41, 5.74) is 1.11. The summed E-state index contributed by atoms with van der Waals surface area (Å²) >= 11 is 6.56. The van der Waals surface area contributed by atoms with E-state index in [1.165, 1.54) is 0 Å². The molecule has 3 heterocycles. The molecule has 42 heavy (non-hydrogen) atoms. The van der Waals surface area contributed by atoms with Gasteiger partial charge in [-0.25, -0.2) is 14.8 Å². The molecule has 1 saturated heterocycles. The van der Waals surface area contributed by atoms with Crippen molar-refractivity contribution in [3.63, 3.8) is 0 Å². The second-order valence-electron chi connectivity index (χ2n) is 11.3. The highest BCUT2D eigenvalue weighted by Gasteiger charge is 2.32. The number of esters is 1. The van der Waals surface area contributed by atoms with E-state index in [1.807, 2.05) is 24.3 Å². The standard InChI is InChI=1S/C31H43ClN6O4/c1-4-41-30(39)22(3)42-18-21(2)36-23-8-10-24(11-9-23)37-29-16-25(26(32)17-34-29)27-6-5-7-28(38-27)35-20-31(19-33)12-14-40-15-13-31/h5-7,16-17,21-24,36H,4,8-15,18,20H2,1-3H3,(H,34,37)(H,35,38)/t21?,22-,23-,24-/m0/s1. The molecule has 2 atom stereocenters. The van der Waals surface area contributed by atoms with Crippen molar-refractivity contribution in [3.8, 4) is 17.3 Å². The highest BCUT2D eigenvalue weighted by atomic mass is 35.5. The van der Waals surface area contributed by atoms with Gasteiger partial charge in [-0.3, -0.25) is 0 Å². The maximum absolute atomic E-state index is 11.8. The number of hydrogen-bond donors (Lipinski definition) is 3. The van der Waals surface area contributed by atoms with Crippen LogP contribution in [0.1, 0.15) is 59.3 Å². The Morgan fingerprint density at radius 2 is 1.93 bits per heavy atom. The Labute approximate surface area is 253 Å². The third kappa shape index (κ3) is 9.01. The van der Waals surface area contributed by atoms with Crippen molar-refractivity contribution in [2.24, 2.45) is 5.41 Å². The van der Waals surface area contributed by atoms with Gasteiger partial charge in [-0.1, -0.05) is 17.7 Å². The van der Waals surface area contributed by atoms with E-state index in [0.29, 0.717) is 68.7 Å². The number of anilines is 2. The fraction of sp³-hybridized carbons (Fsp3) is 0.613. The Balaban J connectivity index is 1.28. The van der Waals surface area contributed by atoms with Crippen LogP contribution in [0.2, 0.25) is 5.02 Å². The Kier molecular flexibility index (Phi) is 11.8. The van der Waals surface area contributed by atoms with Crippen molar-refractivity contribution in [3.05, 3.63) is 35.5 Å². The topological polar surface area (TPSA) is 130 Å². The van der Waals surface area contributed by atoms with E-state index >= 15 is 0 Å². The van der Waals surface area contributed by atoms with Gasteiger partial charge >= 0.3 is 5.97 Å². The Morgan fingerprint density at radius 3 is 2.64 bits per heavy atom. The minimum absolute atomic E-state index is 0.136. The number of aromatic nitrogens is 2. The molecule has 4 rings (SSSR count). The van der Waals surface area contributed by atoms with Crippen LogP contribution in [0, 0.1) is 16.7 Å². The van der Waals surface area contributed by atoms with Crippen molar-refractivity contribution in [2.45, 2.75) is 83.5 Å². The molecule has 1 unspecified atom stereocenters. The zero-order valence-corrected chi connectivity index (χ0v) is 25.6. The lowest BCUT2D eigenvalue weighted by atomic mass is 9.82. The van der Waals surface area contributed by atoms with Gasteiger partial charge in [0.05, 0.1) is 35.4 Å². The monoisotopic (exact) mass is 598 g/mol. The minimum Gasteiger partial charge on any atom is -0.464 e. The fourth-order valence-electron chi connectivity index (χ4n) is 5.43. The minimum atomic E-state index is -0.562. The summed E-state index contributed by atoms with van der Waals surface area (Å²) in [7, 11) is 0. The normalized spacial score (nSPS) is 21.5. The summed E-state index contributed by atoms with van der Waals surface area (Å²) in [4.78, 5) is 21.1. The number of halogens is 1. The maximum atomic E-state index is 11.8. The van der Waals surface area contributed by atoms with Crippen molar-refractivity contribution in [2.75, 3.05) is 43.6 Å². The number of nitrogens with zero attached hydrogens (tertiary/aromatic N) is 3. The lowest BCUT2D eigenvalue weighted by Gasteiger charge is -2.32. The van der Waals surface area contributed by atoms with Crippen LogP contribution in [0.5, 0.6) is 0 Å². The van der Waals surface area contributed by atoms with Gasteiger partial charge in [-0.15, -0.1) is 0 Å². The van der Waals surface area contributed by atoms with Crippen molar-refractivity contribution >= 4 is 29.2 Å². The van der Waals surface area contributed by atoms with E-state index in [1.54, 1.807) is 20.0 Å². The van der Waals surface area contributed by atoms with Crippen LogP contribution < -0.4 is 16.0 Å². The first kappa shape index (κ1) is 32.0. The summed E-state index contributed by atoms with van der Waals surface area (Å²) in [5, 5.41) is 20.9. The second kappa shape index (κ2) is 15.5. The number of carbonyl (C=O) groups is 1. The molecule has 11 heteroatoms. The van der Waals surface area contributed by atoms with E-state index in [2.05, 4.69) is 33.9 Å². The molecule has 2 aromatic heterocycles. The quantitative estimate of drug-likeness (QED) is 0.264. The van der Waals surface area contributed by atoms with Gasteiger partial charge in [0.15, 0.2) is 6.10 Å². The smallest absolute Gasteiger partial charge is 0.334 e. The molecule has 0 bridgehead atoms. The molecule has 0 aromatic carbocycles. The SMILES string of the molecule is CCOC(=O)[C@H](C)OCC(C)N[C@H]1CC[C@H](Nc2cc(-c3cccc(NCC4(C#N)CCOCC4)n3)c(Cl)cn2)CC1. The molecule has 1 aliphatic heterocycles. The van der Waals surface area contributed by atoms with Crippen LogP contribution in [-0.4, -0.2) is 73.1 Å². The van der Waals surface area contributed by atoms with E-state index in [-0.39, 0.29) is 12.0 Å². The molecule has 228 valence electrons. The predicted octanol–water partition coefficient (Wildman–Crippen LogP) is 5.20. The third-order valence-corrected chi connectivity index (χ3v) is 8.29. The lowest BCUT2D eigenvalue weighted by Crippen LogP contribution is -2.43. The Hall–Kier alpha value is -2.97. The predicted molar refractivity (Wildman–Crippen MR) is 163 cm³/mol. The van der Waals surface area contributed by atoms with Crippen LogP contribution >= 0.6 is 11.6 Å². The lowest BCUT2D eigenvalue weighted by molar-refractivity contribution is -0.155. The summed E-state index contributed by atoms with van der Waals surface area (Å²) in [6.07, 6.45) is 6.60. The number of rotatable bonds is 13. The van der Waals surface area contributed by atoms with Crippen molar-refractivity contribution < 1.29 is 19.0 Å². The number of hydrogen-bond acceptors (Lipinski definition) is 10. The fourth-order valence-corrected chi connectivity index (χ4v) is 5.63. The van der Waals surface area contributed by atoms with Gasteiger partial charge < -0.3 is 30.2 Å². The summed E-state index contributed by atoms with van der Waals surface area (Å²) in [6.45, 7) is 8.13. The molecule has 0 radical (unpaired) electrons. The van der Waals surface area contributed by atoms with E-state index < -0.39 is 11.5 Å². The molecule has 2 fully saturated rings. The second-order valence-corrected chi connectivity index (χ2v) is 11.7. The average molecular weight is 599 g/mol. The molecule has 0 spiro atoms. The van der Waals surface area contributed by atoms with Gasteiger partial charge in [0, 0.05) is 49.6 Å². The van der Waals surface area contributed by atoms with E-state index in [0.717, 1.165) is 42.8 Å². The summed E-state index contributed by atoms with van der Waals surface area (Å²) in [5.74, 6) is 1.15.